The molecule has 5 atom stereocenters. The van der Waals surface area contributed by atoms with Crippen LogP contribution in [-0.2, 0) is 9.59 Å². The highest BCUT2D eigenvalue weighted by atomic mass is 16.1. The second-order valence-corrected chi connectivity index (χ2v) is 12.0. The van der Waals surface area contributed by atoms with Gasteiger partial charge in [0.2, 0.25) is 0 Å². The highest BCUT2D eigenvalue weighted by molar-refractivity contribution is 5.94. The molecular weight excluding hydrogens is 418 g/mol. The van der Waals surface area contributed by atoms with Crippen molar-refractivity contribution < 1.29 is 9.59 Å². The Morgan fingerprint density at radius 2 is 1.76 bits per heavy atom. The molecule has 3 heteroatoms. The molecule has 2 saturated carbocycles. The molecule has 5 aliphatic rings. The number of ketones is 2. The molecule has 0 radical (unpaired) electrons. The van der Waals surface area contributed by atoms with Gasteiger partial charge >= 0.3 is 0 Å². The standard InChI is InChI=1S/C31H39NO2/c1-20(33)28-12-13-29-25-11-8-22-18-24(34)19-27(30(22)26(25)14-15-31(28,29)2)21-6-9-23(10-7-21)32-16-4-3-5-17-32/h6-7,9-10,18,25,27-29H,3-5,8,11-17,19H2,1-2H3/t25-,27+,28-,29+,31-/m1/s1. The summed E-state index contributed by atoms with van der Waals surface area (Å²) < 4.78 is 0. The molecule has 0 amide bonds. The van der Waals surface area contributed by atoms with Gasteiger partial charge in [0.25, 0.3) is 0 Å². The first kappa shape index (κ1) is 22.3. The van der Waals surface area contributed by atoms with Crippen LogP contribution in [0.1, 0.15) is 89.5 Å². The van der Waals surface area contributed by atoms with Crippen LogP contribution in [0.2, 0.25) is 0 Å². The molecule has 6 rings (SSSR count). The Morgan fingerprint density at radius 1 is 1.00 bits per heavy atom. The Balaban J connectivity index is 1.35. The van der Waals surface area contributed by atoms with Gasteiger partial charge in [0.1, 0.15) is 5.78 Å². The minimum Gasteiger partial charge on any atom is -0.372 e. The van der Waals surface area contributed by atoms with E-state index in [0.717, 1.165) is 45.2 Å². The highest BCUT2D eigenvalue weighted by Gasteiger charge is 2.55. The van der Waals surface area contributed by atoms with E-state index >= 15 is 0 Å². The van der Waals surface area contributed by atoms with Gasteiger partial charge in [-0.3, -0.25) is 9.59 Å². The summed E-state index contributed by atoms with van der Waals surface area (Å²) in [7, 11) is 0. The number of hydrogen-bond donors (Lipinski definition) is 0. The highest BCUT2D eigenvalue weighted by Crippen LogP contribution is 2.63. The van der Waals surface area contributed by atoms with Crippen LogP contribution in [0.15, 0.2) is 47.1 Å². The molecule has 4 aliphatic carbocycles. The molecule has 1 aromatic rings. The number of carbonyl (C=O) groups is 2. The predicted octanol–water partition coefficient (Wildman–Crippen LogP) is 6.78. The van der Waals surface area contributed by atoms with E-state index in [0.29, 0.717) is 29.8 Å². The number of allylic oxidation sites excluding steroid dienone is 4. The lowest BCUT2D eigenvalue weighted by atomic mass is 9.54. The molecule has 0 unspecified atom stereocenters. The molecule has 34 heavy (non-hydrogen) atoms. The molecule has 0 bridgehead atoms. The normalized spacial score (nSPS) is 35.4. The molecule has 0 spiro atoms. The first-order chi connectivity index (χ1) is 16.5. The number of anilines is 1. The van der Waals surface area contributed by atoms with Gasteiger partial charge < -0.3 is 4.90 Å². The zero-order valence-electron chi connectivity index (χ0n) is 20.9. The van der Waals surface area contributed by atoms with Gasteiger partial charge in [0.15, 0.2) is 5.78 Å². The van der Waals surface area contributed by atoms with Gasteiger partial charge in [0, 0.05) is 37.0 Å². The molecule has 3 fully saturated rings. The Bertz CT molecular complexity index is 1060. The SMILES string of the molecule is CC(=O)[C@H]1CC[C@H]2[C@@H]3CCC4=CC(=O)C[C@@H](c5ccc(N6CCCCC6)cc5)C4=C3CC[C@]12C. The van der Waals surface area contributed by atoms with E-state index in [-0.39, 0.29) is 17.3 Å². The number of nitrogens with zero attached hydrogens (tertiary/aromatic N) is 1. The first-order valence-corrected chi connectivity index (χ1v) is 13.8. The largest absolute Gasteiger partial charge is 0.372 e. The summed E-state index contributed by atoms with van der Waals surface area (Å²) in [5.41, 5.74) is 7.27. The van der Waals surface area contributed by atoms with Crippen molar-refractivity contribution in [2.45, 2.75) is 84.0 Å². The molecule has 3 nitrogen and oxygen atoms in total. The number of rotatable bonds is 3. The number of hydrogen-bond acceptors (Lipinski definition) is 3. The lowest BCUT2D eigenvalue weighted by molar-refractivity contribution is -0.125. The van der Waals surface area contributed by atoms with Crippen molar-refractivity contribution in [3.8, 4) is 0 Å². The Kier molecular flexibility index (Phi) is 5.58. The smallest absolute Gasteiger partial charge is 0.156 e. The van der Waals surface area contributed by atoms with E-state index < -0.39 is 0 Å². The van der Waals surface area contributed by atoms with E-state index in [9.17, 15) is 9.59 Å². The van der Waals surface area contributed by atoms with Gasteiger partial charge in [-0.05, 0) is 117 Å². The van der Waals surface area contributed by atoms with Crippen LogP contribution in [0.25, 0.3) is 0 Å². The molecule has 180 valence electrons. The van der Waals surface area contributed by atoms with Crippen LogP contribution in [0, 0.1) is 23.2 Å². The van der Waals surface area contributed by atoms with Crippen molar-refractivity contribution in [1.29, 1.82) is 0 Å². The molecule has 1 aliphatic heterocycles. The summed E-state index contributed by atoms with van der Waals surface area (Å²) in [5, 5.41) is 0. The summed E-state index contributed by atoms with van der Waals surface area (Å²) in [4.78, 5) is 27.7. The number of fused-ring (bicyclic) bond motifs is 4. The van der Waals surface area contributed by atoms with E-state index in [4.69, 9.17) is 0 Å². The third-order valence-corrected chi connectivity index (χ3v) is 10.3. The topological polar surface area (TPSA) is 37.4 Å². The van der Waals surface area contributed by atoms with Gasteiger partial charge in [-0.2, -0.15) is 0 Å². The Labute approximate surface area is 204 Å². The number of carbonyl (C=O) groups excluding carboxylic acids is 2. The number of piperidine rings is 1. The zero-order chi connectivity index (χ0) is 23.4. The van der Waals surface area contributed by atoms with Crippen LogP contribution < -0.4 is 4.90 Å². The van der Waals surface area contributed by atoms with Gasteiger partial charge in [-0.15, -0.1) is 0 Å². The zero-order valence-corrected chi connectivity index (χ0v) is 20.9. The monoisotopic (exact) mass is 457 g/mol. The summed E-state index contributed by atoms with van der Waals surface area (Å²) in [6, 6.07) is 9.19. The van der Waals surface area contributed by atoms with Crippen molar-refractivity contribution in [1.82, 2.24) is 0 Å². The Hall–Kier alpha value is -2.16. The molecule has 1 aromatic carbocycles. The van der Waals surface area contributed by atoms with Gasteiger partial charge in [0.05, 0.1) is 0 Å². The van der Waals surface area contributed by atoms with Crippen molar-refractivity contribution in [3.05, 3.63) is 52.6 Å². The molecule has 1 saturated heterocycles. The second-order valence-electron chi connectivity index (χ2n) is 12.0. The van der Waals surface area contributed by atoms with Gasteiger partial charge in [-0.1, -0.05) is 24.6 Å². The fraction of sp³-hybridized carbons (Fsp3) is 0.613. The van der Waals surface area contributed by atoms with Crippen LogP contribution in [0.4, 0.5) is 5.69 Å². The van der Waals surface area contributed by atoms with Crippen LogP contribution in [-0.4, -0.2) is 24.7 Å². The predicted molar refractivity (Wildman–Crippen MR) is 137 cm³/mol. The minimum absolute atomic E-state index is 0.165. The van der Waals surface area contributed by atoms with E-state index in [1.807, 2.05) is 13.0 Å². The lowest BCUT2D eigenvalue weighted by Crippen LogP contribution is -2.42. The molecule has 0 N–H and O–H groups in total. The Morgan fingerprint density at radius 3 is 2.50 bits per heavy atom. The van der Waals surface area contributed by atoms with E-state index in [1.165, 1.54) is 48.1 Å². The third kappa shape index (κ3) is 3.53. The van der Waals surface area contributed by atoms with Crippen molar-refractivity contribution >= 4 is 17.3 Å². The maximum atomic E-state index is 12.8. The number of benzene rings is 1. The average molecular weight is 458 g/mol. The fourth-order valence-corrected chi connectivity index (χ4v) is 8.65. The van der Waals surface area contributed by atoms with Crippen molar-refractivity contribution in [2.24, 2.45) is 23.2 Å². The summed E-state index contributed by atoms with van der Waals surface area (Å²) >= 11 is 0. The van der Waals surface area contributed by atoms with Crippen LogP contribution in [0.5, 0.6) is 0 Å². The van der Waals surface area contributed by atoms with Gasteiger partial charge in [-0.25, -0.2) is 0 Å². The second kappa shape index (κ2) is 8.50. The third-order valence-electron chi connectivity index (χ3n) is 10.3. The molecule has 0 aromatic heterocycles. The molecule has 1 heterocycles. The average Bonchev–Trinajstić information content (AvgIpc) is 3.21. The maximum absolute atomic E-state index is 12.8. The van der Waals surface area contributed by atoms with Crippen molar-refractivity contribution in [3.63, 3.8) is 0 Å². The summed E-state index contributed by atoms with van der Waals surface area (Å²) in [6.07, 6.45) is 13.2. The van der Waals surface area contributed by atoms with Crippen molar-refractivity contribution in [2.75, 3.05) is 18.0 Å². The van der Waals surface area contributed by atoms with E-state index in [1.54, 1.807) is 5.57 Å². The number of Topliss-reactive ketones (excluding diaryl/α,β-unsaturated/α-hetero) is 1. The lowest BCUT2D eigenvalue weighted by Gasteiger charge is -2.49. The quantitative estimate of drug-likeness (QED) is 0.502. The summed E-state index contributed by atoms with van der Waals surface area (Å²) in [5.74, 6) is 2.35. The first-order valence-electron chi connectivity index (χ1n) is 13.8. The fourth-order valence-electron chi connectivity index (χ4n) is 8.65. The molecular formula is C31H39NO2. The maximum Gasteiger partial charge on any atom is 0.156 e. The minimum atomic E-state index is 0.165. The van der Waals surface area contributed by atoms with Crippen LogP contribution in [0.3, 0.4) is 0 Å². The summed E-state index contributed by atoms with van der Waals surface area (Å²) in [6.45, 7) is 6.54. The van der Waals surface area contributed by atoms with Crippen LogP contribution >= 0.6 is 0 Å². The van der Waals surface area contributed by atoms with E-state index in [2.05, 4.69) is 36.1 Å².